The standard InChI is InChI=1S/C11H13F3N4O2/c1-2-3-4-5-18-7-6(8(19)17-10(18)20)15-9(16-7)11(12,13)14/h2-5H2,1H3,(H,15,16)(H,17,19,20). The van der Waals surface area contributed by atoms with E-state index in [0.717, 1.165) is 17.4 Å². The highest BCUT2D eigenvalue weighted by Crippen LogP contribution is 2.27. The van der Waals surface area contributed by atoms with Crippen LogP contribution in [-0.2, 0) is 12.7 Å². The van der Waals surface area contributed by atoms with E-state index in [2.05, 4.69) is 4.98 Å². The van der Waals surface area contributed by atoms with Gasteiger partial charge in [0.05, 0.1) is 0 Å². The van der Waals surface area contributed by atoms with Crippen molar-refractivity contribution < 1.29 is 13.2 Å². The minimum absolute atomic E-state index is 0.210. The molecule has 0 amide bonds. The summed E-state index contributed by atoms with van der Waals surface area (Å²) in [4.78, 5) is 30.4. The third-order valence-electron chi connectivity index (χ3n) is 2.89. The zero-order valence-electron chi connectivity index (χ0n) is 10.7. The molecule has 0 saturated heterocycles. The van der Waals surface area contributed by atoms with Crippen molar-refractivity contribution >= 4 is 11.2 Å². The average molecular weight is 290 g/mol. The number of rotatable bonds is 4. The molecule has 2 rings (SSSR count). The Labute approximate surface area is 110 Å². The molecule has 110 valence electrons. The summed E-state index contributed by atoms with van der Waals surface area (Å²) in [5.74, 6) is -1.28. The van der Waals surface area contributed by atoms with Gasteiger partial charge in [-0.2, -0.15) is 13.2 Å². The van der Waals surface area contributed by atoms with Crippen molar-refractivity contribution in [3.8, 4) is 0 Å². The van der Waals surface area contributed by atoms with E-state index in [1.54, 1.807) is 0 Å². The van der Waals surface area contributed by atoms with Crippen LogP contribution < -0.4 is 11.2 Å². The number of nitrogens with zero attached hydrogens (tertiary/aromatic N) is 2. The third kappa shape index (κ3) is 2.61. The third-order valence-corrected chi connectivity index (χ3v) is 2.89. The van der Waals surface area contributed by atoms with Gasteiger partial charge in [-0.1, -0.05) is 19.8 Å². The van der Waals surface area contributed by atoms with Crippen molar-refractivity contribution in [2.24, 2.45) is 0 Å². The summed E-state index contributed by atoms with van der Waals surface area (Å²) in [6, 6.07) is 0. The molecule has 0 bridgehead atoms. The number of hydrogen-bond acceptors (Lipinski definition) is 3. The Hall–Kier alpha value is -2.06. The van der Waals surface area contributed by atoms with E-state index in [0.29, 0.717) is 6.42 Å². The lowest BCUT2D eigenvalue weighted by Crippen LogP contribution is -2.30. The van der Waals surface area contributed by atoms with Gasteiger partial charge >= 0.3 is 11.9 Å². The highest BCUT2D eigenvalue weighted by Gasteiger charge is 2.35. The molecule has 2 aromatic rings. The lowest BCUT2D eigenvalue weighted by Gasteiger charge is -2.04. The molecule has 0 aliphatic carbocycles. The molecule has 0 aliphatic rings. The molecular formula is C11H13F3N4O2. The van der Waals surface area contributed by atoms with Crippen LogP contribution in [0.4, 0.5) is 13.2 Å². The van der Waals surface area contributed by atoms with Crippen molar-refractivity contribution in [1.29, 1.82) is 0 Å². The van der Waals surface area contributed by atoms with E-state index < -0.39 is 23.2 Å². The first-order valence-corrected chi connectivity index (χ1v) is 6.14. The number of nitrogens with one attached hydrogen (secondary N) is 2. The maximum absolute atomic E-state index is 12.6. The first-order chi connectivity index (χ1) is 9.34. The molecular weight excluding hydrogens is 277 g/mol. The largest absolute Gasteiger partial charge is 0.449 e. The molecule has 0 radical (unpaired) electrons. The predicted molar refractivity (Wildman–Crippen MR) is 65.5 cm³/mol. The summed E-state index contributed by atoms with van der Waals surface area (Å²) in [5, 5.41) is 0. The molecule has 0 aliphatic heterocycles. The van der Waals surface area contributed by atoms with Crippen LogP contribution in [0.15, 0.2) is 9.59 Å². The Balaban J connectivity index is 2.59. The highest BCUT2D eigenvalue weighted by atomic mass is 19.4. The number of unbranched alkanes of at least 4 members (excludes halogenated alkanes) is 2. The number of hydrogen-bond donors (Lipinski definition) is 2. The first-order valence-electron chi connectivity index (χ1n) is 6.14. The fourth-order valence-corrected chi connectivity index (χ4v) is 1.90. The summed E-state index contributed by atoms with van der Waals surface area (Å²) in [6.07, 6.45) is -2.36. The summed E-state index contributed by atoms with van der Waals surface area (Å²) in [7, 11) is 0. The molecule has 9 heteroatoms. The Morgan fingerprint density at radius 3 is 2.50 bits per heavy atom. The van der Waals surface area contributed by atoms with Gasteiger partial charge in [0.25, 0.3) is 5.56 Å². The average Bonchev–Trinajstić information content (AvgIpc) is 2.78. The molecule has 0 unspecified atom stereocenters. The van der Waals surface area contributed by atoms with Crippen LogP contribution in [0, 0.1) is 0 Å². The number of imidazole rings is 1. The van der Waals surface area contributed by atoms with Crippen LogP contribution in [-0.4, -0.2) is 19.5 Å². The molecule has 0 fully saturated rings. The number of fused-ring (bicyclic) bond motifs is 1. The highest BCUT2D eigenvalue weighted by molar-refractivity contribution is 5.69. The van der Waals surface area contributed by atoms with Gasteiger partial charge in [0.2, 0.25) is 5.82 Å². The van der Waals surface area contributed by atoms with Crippen molar-refractivity contribution in [3.05, 3.63) is 26.7 Å². The molecule has 0 aromatic carbocycles. The number of aryl methyl sites for hydroxylation is 1. The molecule has 0 atom stereocenters. The first kappa shape index (κ1) is 14.4. The van der Waals surface area contributed by atoms with Gasteiger partial charge in [-0.05, 0) is 6.42 Å². The van der Waals surface area contributed by atoms with E-state index in [9.17, 15) is 22.8 Å². The summed E-state index contributed by atoms with van der Waals surface area (Å²) in [6.45, 7) is 2.17. The minimum atomic E-state index is -4.70. The molecule has 6 nitrogen and oxygen atoms in total. The molecule has 20 heavy (non-hydrogen) atoms. The fourth-order valence-electron chi connectivity index (χ4n) is 1.90. The topological polar surface area (TPSA) is 83.5 Å². The van der Waals surface area contributed by atoms with E-state index in [1.807, 2.05) is 16.9 Å². The van der Waals surface area contributed by atoms with Crippen LogP contribution in [0.3, 0.4) is 0 Å². The van der Waals surface area contributed by atoms with Crippen LogP contribution in [0.5, 0.6) is 0 Å². The molecule has 2 aromatic heterocycles. The van der Waals surface area contributed by atoms with Gasteiger partial charge in [-0.25, -0.2) is 9.78 Å². The van der Waals surface area contributed by atoms with Crippen molar-refractivity contribution in [2.75, 3.05) is 0 Å². The van der Waals surface area contributed by atoms with E-state index >= 15 is 0 Å². The number of aromatic amines is 2. The molecule has 2 N–H and O–H groups in total. The Morgan fingerprint density at radius 1 is 1.20 bits per heavy atom. The lowest BCUT2D eigenvalue weighted by atomic mass is 10.2. The van der Waals surface area contributed by atoms with Crippen LogP contribution >= 0.6 is 0 Å². The second-order valence-electron chi connectivity index (χ2n) is 4.40. The van der Waals surface area contributed by atoms with Gasteiger partial charge < -0.3 is 4.98 Å². The Kier molecular flexibility index (Phi) is 3.69. The number of alkyl halides is 3. The van der Waals surface area contributed by atoms with Crippen LogP contribution in [0.25, 0.3) is 11.2 Å². The van der Waals surface area contributed by atoms with Crippen molar-refractivity contribution in [1.82, 2.24) is 19.5 Å². The quantitative estimate of drug-likeness (QED) is 0.839. The maximum Gasteiger partial charge on any atom is 0.449 e. The molecule has 0 spiro atoms. The number of H-pyrrole nitrogens is 2. The Bertz CT molecular complexity index is 726. The maximum atomic E-state index is 12.6. The summed E-state index contributed by atoms with van der Waals surface area (Å²) < 4.78 is 38.9. The monoisotopic (exact) mass is 290 g/mol. The van der Waals surface area contributed by atoms with Gasteiger partial charge in [0, 0.05) is 6.54 Å². The smallest absolute Gasteiger partial charge is 0.328 e. The van der Waals surface area contributed by atoms with E-state index in [1.165, 1.54) is 0 Å². The zero-order valence-corrected chi connectivity index (χ0v) is 10.7. The number of halogens is 3. The summed E-state index contributed by atoms with van der Waals surface area (Å²) in [5.41, 5.74) is -2.26. The predicted octanol–water partition coefficient (Wildman–Crippen LogP) is 1.62. The number of aromatic nitrogens is 4. The lowest BCUT2D eigenvalue weighted by molar-refractivity contribution is -0.144. The second-order valence-corrected chi connectivity index (χ2v) is 4.40. The van der Waals surface area contributed by atoms with Gasteiger partial charge in [-0.3, -0.25) is 14.3 Å². The van der Waals surface area contributed by atoms with Crippen molar-refractivity contribution in [2.45, 2.75) is 38.9 Å². The van der Waals surface area contributed by atoms with Crippen LogP contribution in [0.2, 0.25) is 0 Å². The van der Waals surface area contributed by atoms with E-state index in [-0.39, 0.29) is 17.7 Å². The normalized spacial score (nSPS) is 12.2. The van der Waals surface area contributed by atoms with Gasteiger partial charge in [-0.15, -0.1) is 0 Å². The minimum Gasteiger partial charge on any atom is -0.328 e. The molecule has 2 heterocycles. The SMILES string of the molecule is CCCCCn1c(=O)[nH]c(=O)c2[nH]c(C(F)(F)F)nc21. The zero-order chi connectivity index (χ0) is 14.9. The van der Waals surface area contributed by atoms with Gasteiger partial charge in [0.15, 0.2) is 5.65 Å². The summed E-state index contributed by atoms with van der Waals surface area (Å²) >= 11 is 0. The molecule has 0 saturated carbocycles. The second kappa shape index (κ2) is 5.14. The Morgan fingerprint density at radius 2 is 1.90 bits per heavy atom. The fraction of sp³-hybridized carbons (Fsp3) is 0.545. The van der Waals surface area contributed by atoms with Crippen molar-refractivity contribution in [3.63, 3.8) is 0 Å². The van der Waals surface area contributed by atoms with Gasteiger partial charge in [0.1, 0.15) is 5.52 Å². The van der Waals surface area contributed by atoms with E-state index in [4.69, 9.17) is 0 Å². The van der Waals surface area contributed by atoms with Crippen LogP contribution in [0.1, 0.15) is 32.0 Å².